The lowest BCUT2D eigenvalue weighted by molar-refractivity contribution is 0.0372. The van der Waals surface area contributed by atoms with E-state index in [0.29, 0.717) is 11.6 Å². The number of halogens is 1. The summed E-state index contributed by atoms with van der Waals surface area (Å²) in [5.74, 6) is -0.577. The van der Waals surface area contributed by atoms with Gasteiger partial charge in [-0.15, -0.1) is 0 Å². The first-order valence-corrected chi connectivity index (χ1v) is 6.89. The van der Waals surface area contributed by atoms with Gasteiger partial charge >= 0.3 is 0 Å². The smallest absolute Gasteiger partial charge is 0.255 e. The molecule has 5 heteroatoms. The van der Waals surface area contributed by atoms with E-state index in [9.17, 15) is 9.18 Å². The molecular weight excluding hydrogens is 245 g/mol. The summed E-state index contributed by atoms with van der Waals surface area (Å²) in [6.07, 6.45) is 5.02. The van der Waals surface area contributed by atoms with Gasteiger partial charge in [0.25, 0.3) is 5.91 Å². The lowest BCUT2D eigenvalue weighted by atomic mass is 9.99. The van der Waals surface area contributed by atoms with Crippen molar-refractivity contribution in [1.82, 2.24) is 14.8 Å². The highest BCUT2D eigenvalue weighted by Gasteiger charge is 2.31. The van der Waals surface area contributed by atoms with Crippen LogP contribution in [0.5, 0.6) is 0 Å². The maximum absolute atomic E-state index is 12.8. The van der Waals surface area contributed by atoms with E-state index in [-0.39, 0.29) is 5.91 Å². The van der Waals surface area contributed by atoms with Crippen LogP contribution in [0, 0.1) is 5.95 Å². The number of piperazine rings is 1. The van der Waals surface area contributed by atoms with Gasteiger partial charge in [-0.05, 0) is 31.5 Å². The Bertz CT molecular complexity index is 462. The third-order valence-corrected chi connectivity index (χ3v) is 4.10. The molecule has 3 heterocycles. The van der Waals surface area contributed by atoms with E-state index in [1.807, 2.05) is 4.90 Å². The van der Waals surface area contributed by atoms with Gasteiger partial charge in [0.15, 0.2) is 0 Å². The number of fused-ring (bicyclic) bond motifs is 1. The van der Waals surface area contributed by atoms with Gasteiger partial charge < -0.3 is 4.90 Å². The summed E-state index contributed by atoms with van der Waals surface area (Å²) in [5, 5.41) is 0. The van der Waals surface area contributed by atoms with Crippen molar-refractivity contribution in [3.63, 3.8) is 0 Å². The van der Waals surface area contributed by atoms with Crippen LogP contribution in [0.3, 0.4) is 0 Å². The fraction of sp³-hybridized carbons (Fsp3) is 0.571. The van der Waals surface area contributed by atoms with Crippen molar-refractivity contribution in [3.8, 4) is 0 Å². The second-order valence-corrected chi connectivity index (χ2v) is 5.31. The Balaban J connectivity index is 1.69. The molecule has 4 nitrogen and oxygen atoms in total. The molecule has 0 unspecified atom stereocenters. The predicted octanol–water partition coefficient (Wildman–Crippen LogP) is 1.53. The maximum atomic E-state index is 12.8. The van der Waals surface area contributed by atoms with Crippen LogP contribution in [0.25, 0.3) is 0 Å². The fourth-order valence-corrected chi connectivity index (χ4v) is 3.03. The van der Waals surface area contributed by atoms with Crippen LogP contribution in [0.2, 0.25) is 0 Å². The molecule has 3 rings (SSSR count). The Kier molecular flexibility index (Phi) is 3.46. The van der Waals surface area contributed by atoms with Gasteiger partial charge in [0, 0.05) is 31.9 Å². The third-order valence-electron chi connectivity index (χ3n) is 4.10. The highest BCUT2D eigenvalue weighted by Crippen LogP contribution is 2.22. The van der Waals surface area contributed by atoms with Crippen molar-refractivity contribution in [2.45, 2.75) is 25.3 Å². The maximum Gasteiger partial charge on any atom is 0.255 e. The lowest BCUT2D eigenvalue weighted by Gasteiger charge is -2.44. The van der Waals surface area contributed by atoms with Crippen LogP contribution in [0.4, 0.5) is 4.39 Å². The Morgan fingerprint density at radius 1 is 1.26 bits per heavy atom. The molecular formula is C14H18FN3O. The number of rotatable bonds is 1. The van der Waals surface area contributed by atoms with E-state index in [4.69, 9.17) is 0 Å². The minimum absolute atomic E-state index is 0.0299. The van der Waals surface area contributed by atoms with E-state index in [2.05, 4.69) is 9.88 Å². The van der Waals surface area contributed by atoms with E-state index in [1.54, 1.807) is 0 Å². The minimum Gasteiger partial charge on any atom is -0.336 e. The predicted molar refractivity (Wildman–Crippen MR) is 69.3 cm³/mol. The minimum atomic E-state index is -0.548. The molecule has 0 radical (unpaired) electrons. The van der Waals surface area contributed by atoms with E-state index in [0.717, 1.165) is 26.2 Å². The highest BCUT2D eigenvalue weighted by molar-refractivity contribution is 5.94. The van der Waals surface area contributed by atoms with Gasteiger partial charge in [0.1, 0.15) is 0 Å². The Hall–Kier alpha value is -1.49. The number of hydrogen-bond donors (Lipinski definition) is 0. The molecule has 1 aromatic rings. The number of nitrogens with zero attached hydrogens (tertiary/aromatic N) is 3. The average molecular weight is 263 g/mol. The molecule has 19 heavy (non-hydrogen) atoms. The molecule has 0 bridgehead atoms. The standard InChI is InChI=1S/C14H18FN3O/c15-13-5-4-11(9-16-13)14(19)18-8-7-17-6-2-1-3-12(17)10-18/h4-5,9,12H,1-3,6-8,10H2/t12-/m1/s1. The quantitative estimate of drug-likeness (QED) is 0.721. The zero-order valence-electron chi connectivity index (χ0n) is 10.9. The van der Waals surface area contributed by atoms with Crippen molar-refractivity contribution in [1.29, 1.82) is 0 Å². The van der Waals surface area contributed by atoms with Crippen LogP contribution in [-0.2, 0) is 0 Å². The van der Waals surface area contributed by atoms with Gasteiger partial charge in [0.05, 0.1) is 5.56 Å². The second-order valence-electron chi connectivity index (χ2n) is 5.31. The fourth-order valence-electron chi connectivity index (χ4n) is 3.03. The summed E-state index contributed by atoms with van der Waals surface area (Å²) < 4.78 is 12.8. The Labute approximate surface area is 112 Å². The molecule has 2 fully saturated rings. The van der Waals surface area contributed by atoms with Crippen molar-refractivity contribution in [2.75, 3.05) is 26.2 Å². The molecule has 2 saturated heterocycles. The molecule has 1 aromatic heterocycles. The molecule has 0 spiro atoms. The van der Waals surface area contributed by atoms with Crippen LogP contribution in [0.1, 0.15) is 29.6 Å². The van der Waals surface area contributed by atoms with E-state index >= 15 is 0 Å². The Morgan fingerprint density at radius 2 is 2.16 bits per heavy atom. The summed E-state index contributed by atoms with van der Waals surface area (Å²) in [6.45, 7) is 3.65. The molecule has 2 aliphatic rings. The number of hydrogen-bond acceptors (Lipinski definition) is 3. The van der Waals surface area contributed by atoms with E-state index < -0.39 is 5.95 Å². The van der Waals surface area contributed by atoms with Crippen molar-refractivity contribution >= 4 is 5.91 Å². The summed E-state index contributed by atoms with van der Waals surface area (Å²) >= 11 is 0. The molecule has 102 valence electrons. The molecule has 1 atom stereocenters. The first-order chi connectivity index (χ1) is 9.24. The average Bonchev–Trinajstić information content (AvgIpc) is 2.47. The highest BCUT2D eigenvalue weighted by atomic mass is 19.1. The van der Waals surface area contributed by atoms with Gasteiger partial charge in [-0.25, -0.2) is 4.98 Å². The summed E-state index contributed by atoms with van der Waals surface area (Å²) in [7, 11) is 0. The number of pyridine rings is 1. The van der Waals surface area contributed by atoms with Crippen molar-refractivity contribution in [2.24, 2.45) is 0 Å². The van der Waals surface area contributed by atoms with Crippen LogP contribution in [0.15, 0.2) is 18.3 Å². The zero-order chi connectivity index (χ0) is 13.2. The number of piperidine rings is 1. The summed E-state index contributed by atoms with van der Waals surface area (Å²) in [5.41, 5.74) is 0.477. The molecule has 0 saturated carbocycles. The van der Waals surface area contributed by atoms with Gasteiger partial charge in [-0.1, -0.05) is 6.42 Å². The third kappa shape index (κ3) is 2.61. The largest absolute Gasteiger partial charge is 0.336 e. The molecule has 0 aromatic carbocycles. The SMILES string of the molecule is O=C(c1ccc(F)nc1)N1CCN2CCCC[C@@H]2C1. The number of aromatic nitrogens is 1. The summed E-state index contributed by atoms with van der Waals surface area (Å²) in [6, 6.07) is 3.25. The first-order valence-electron chi connectivity index (χ1n) is 6.89. The first kappa shape index (κ1) is 12.5. The zero-order valence-corrected chi connectivity index (χ0v) is 10.9. The monoisotopic (exact) mass is 263 g/mol. The Morgan fingerprint density at radius 3 is 2.95 bits per heavy atom. The van der Waals surface area contributed by atoms with Crippen LogP contribution in [-0.4, -0.2) is 52.9 Å². The summed E-state index contributed by atoms with van der Waals surface area (Å²) in [4.78, 5) is 20.2. The van der Waals surface area contributed by atoms with Crippen LogP contribution >= 0.6 is 0 Å². The van der Waals surface area contributed by atoms with Crippen molar-refractivity contribution < 1.29 is 9.18 Å². The molecule has 0 aliphatic carbocycles. The number of carbonyl (C=O) groups is 1. The molecule has 0 N–H and O–H groups in total. The number of carbonyl (C=O) groups excluding carboxylic acids is 1. The lowest BCUT2D eigenvalue weighted by Crippen LogP contribution is -2.56. The molecule has 2 aliphatic heterocycles. The van der Waals surface area contributed by atoms with Crippen molar-refractivity contribution in [3.05, 3.63) is 29.8 Å². The second kappa shape index (κ2) is 5.25. The van der Waals surface area contributed by atoms with E-state index in [1.165, 1.54) is 37.6 Å². The van der Waals surface area contributed by atoms with Gasteiger partial charge in [-0.2, -0.15) is 4.39 Å². The van der Waals surface area contributed by atoms with Gasteiger partial charge in [-0.3, -0.25) is 9.69 Å². The van der Waals surface area contributed by atoms with Gasteiger partial charge in [0.2, 0.25) is 5.95 Å². The number of amides is 1. The topological polar surface area (TPSA) is 36.4 Å². The normalized spacial score (nSPS) is 24.1. The van der Waals surface area contributed by atoms with Crippen LogP contribution < -0.4 is 0 Å². The molecule has 1 amide bonds.